The van der Waals surface area contributed by atoms with Crippen LogP contribution in [0.15, 0.2) is 24.3 Å². The summed E-state index contributed by atoms with van der Waals surface area (Å²) in [7, 11) is 0. The Labute approximate surface area is 193 Å². The minimum Gasteiger partial charge on any atom is -0.393 e. The zero-order valence-corrected chi connectivity index (χ0v) is 19.0. The Morgan fingerprint density at radius 2 is 1.94 bits per heavy atom. The highest BCUT2D eigenvalue weighted by atomic mass is 32.1. The lowest BCUT2D eigenvalue weighted by molar-refractivity contribution is -0.122. The molecular weight excluding hydrogens is 447 g/mol. The van der Waals surface area contributed by atoms with Crippen LogP contribution in [0.25, 0.3) is 10.8 Å². The highest BCUT2D eigenvalue weighted by molar-refractivity contribution is 7.09. The fourth-order valence-electron chi connectivity index (χ4n) is 4.47. The van der Waals surface area contributed by atoms with E-state index < -0.39 is 11.9 Å². The van der Waals surface area contributed by atoms with Crippen LogP contribution >= 0.6 is 11.5 Å². The second-order valence-electron chi connectivity index (χ2n) is 8.32. The molecule has 1 unspecified atom stereocenters. The number of imidazole rings is 1. The second kappa shape index (κ2) is 8.31. The molecule has 2 aliphatic rings. The minimum atomic E-state index is -0.661. The molecule has 1 saturated heterocycles. The summed E-state index contributed by atoms with van der Waals surface area (Å²) < 4.78 is 19.6. The van der Waals surface area contributed by atoms with E-state index in [2.05, 4.69) is 9.36 Å². The first-order valence-electron chi connectivity index (χ1n) is 10.8. The molecule has 2 aromatic heterocycles. The van der Waals surface area contributed by atoms with E-state index in [4.69, 9.17) is 4.98 Å². The van der Waals surface area contributed by atoms with Crippen molar-refractivity contribution in [3.63, 3.8) is 0 Å². The largest absolute Gasteiger partial charge is 0.393 e. The summed E-state index contributed by atoms with van der Waals surface area (Å²) in [6.45, 7) is 4.95. The summed E-state index contributed by atoms with van der Waals surface area (Å²) in [6, 6.07) is 5.10. The van der Waals surface area contributed by atoms with Gasteiger partial charge >= 0.3 is 0 Å². The van der Waals surface area contributed by atoms with Crippen molar-refractivity contribution in [2.75, 3.05) is 18.0 Å². The van der Waals surface area contributed by atoms with E-state index in [9.17, 15) is 19.1 Å². The van der Waals surface area contributed by atoms with Crippen molar-refractivity contribution in [3.8, 4) is 10.8 Å². The first kappa shape index (κ1) is 21.7. The third kappa shape index (κ3) is 3.80. The summed E-state index contributed by atoms with van der Waals surface area (Å²) in [5, 5.41) is 10.6. The van der Waals surface area contributed by atoms with Gasteiger partial charge in [-0.15, -0.1) is 0 Å². The molecule has 3 aromatic rings. The van der Waals surface area contributed by atoms with Gasteiger partial charge < -0.3 is 14.6 Å². The van der Waals surface area contributed by atoms with Crippen LogP contribution in [0.5, 0.6) is 0 Å². The molecule has 2 amide bonds. The van der Waals surface area contributed by atoms with Gasteiger partial charge in [-0.1, -0.05) is 0 Å². The quantitative estimate of drug-likeness (QED) is 0.631. The number of aliphatic hydroxyl groups excluding tert-OH is 1. The Hall–Kier alpha value is -3.18. The Morgan fingerprint density at radius 3 is 2.61 bits per heavy atom. The Kier molecular flexibility index (Phi) is 5.45. The molecule has 11 heteroatoms. The molecule has 1 N–H and O–H groups in total. The maximum absolute atomic E-state index is 13.4. The fourth-order valence-corrected chi connectivity index (χ4v) is 5.14. The van der Waals surface area contributed by atoms with E-state index in [0.717, 1.165) is 5.69 Å². The van der Waals surface area contributed by atoms with E-state index in [1.54, 1.807) is 9.80 Å². The first-order valence-corrected chi connectivity index (χ1v) is 11.6. The highest BCUT2D eigenvalue weighted by Gasteiger charge is 2.38. The van der Waals surface area contributed by atoms with Crippen LogP contribution in [0, 0.1) is 12.7 Å². The Balaban J connectivity index is 1.57. The van der Waals surface area contributed by atoms with Gasteiger partial charge in [0.25, 0.3) is 5.91 Å². The fraction of sp³-hybridized carbons (Fsp3) is 0.409. The Morgan fingerprint density at radius 1 is 1.18 bits per heavy atom. The first-order chi connectivity index (χ1) is 15.8. The lowest BCUT2D eigenvalue weighted by Crippen LogP contribution is -2.44. The molecule has 33 heavy (non-hydrogen) atoms. The number of aliphatic hydroxyl groups is 1. The maximum Gasteiger partial charge on any atom is 0.254 e. The normalized spacial score (nSPS) is 20.8. The monoisotopic (exact) mass is 470 g/mol. The van der Waals surface area contributed by atoms with E-state index in [1.807, 2.05) is 18.4 Å². The summed E-state index contributed by atoms with van der Waals surface area (Å²) in [4.78, 5) is 38.6. The van der Waals surface area contributed by atoms with Gasteiger partial charge in [0.2, 0.25) is 5.91 Å². The smallest absolute Gasteiger partial charge is 0.254 e. The third-order valence-electron chi connectivity index (χ3n) is 6.14. The number of amides is 2. The minimum absolute atomic E-state index is 0.0339. The van der Waals surface area contributed by atoms with E-state index in [0.29, 0.717) is 54.1 Å². The number of fused-ring (bicyclic) bond motifs is 1. The number of carbonyl (C=O) groups is 2. The molecule has 5 rings (SSSR count). The van der Waals surface area contributed by atoms with Crippen molar-refractivity contribution in [2.24, 2.45) is 0 Å². The van der Waals surface area contributed by atoms with Crippen molar-refractivity contribution in [2.45, 2.75) is 45.4 Å². The van der Waals surface area contributed by atoms with Gasteiger partial charge in [0.15, 0.2) is 16.6 Å². The number of aryl methyl sites for hydroxylation is 1. The number of rotatable bonds is 3. The summed E-state index contributed by atoms with van der Waals surface area (Å²) >= 11 is 1.24. The summed E-state index contributed by atoms with van der Waals surface area (Å²) in [5.74, 6) is 0.923. The van der Waals surface area contributed by atoms with Crippen LogP contribution in [-0.4, -0.2) is 59.9 Å². The highest BCUT2D eigenvalue weighted by Crippen LogP contribution is 2.39. The SMILES string of the molecule is Cc1nsc(-c2nc(N3CCC(O)CC3=O)c3n2CCN(C(=O)c2ccc(F)cc2)[C@@H]3C)n1. The van der Waals surface area contributed by atoms with Gasteiger partial charge in [0.05, 0.1) is 24.3 Å². The average Bonchev–Trinajstić information content (AvgIpc) is 3.38. The molecule has 0 saturated carbocycles. The number of hydrogen-bond acceptors (Lipinski definition) is 7. The number of hydrogen-bond donors (Lipinski definition) is 1. The number of halogens is 1. The summed E-state index contributed by atoms with van der Waals surface area (Å²) in [6.07, 6.45) is -0.171. The molecule has 172 valence electrons. The molecule has 0 radical (unpaired) electrons. The molecule has 0 spiro atoms. The van der Waals surface area contributed by atoms with Gasteiger partial charge in [-0.2, -0.15) is 4.37 Å². The number of anilines is 1. The lowest BCUT2D eigenvalue weighted by atomic mass is 10.0. The standard InChI is InChI=1S/C22H23FN6O3S/c1-12-18-19(28-8-7-16(30)11-17(28)31)25-20(21-24-13(2)26-33-21)29(18)10-9-27(12)22(32)14-3-5-15(23)6-4-14/h3-6,12,16,30H,7-11H2,1-2H3/t12-,16?/m1/s1. The third-order valence-corrected chi connectivity index (χ3v) is 6.94. The topological polar surface area (TPSA) is 104 Å². The molecule has 4 heterocycles. The Bertz CT molecular complexity index is 1220. The average molecular weight is 471 g/mol. The zero-order chi connectivity index (χ0) is 23.3. The van der Waals surface area contributed by atoms with E-state index >= 15 is 0 Å². The van der Waals surface area contributed by atoms with Gasteiger partial charge in [-0.05, 0) is 56.1 Å². The predicted octanol–water partition coefficient (Wildman–Crippen LogP) is 2.55. The number of nitrogens with zero attached hydrogens (tertiary/aromatic N) is 6. The van der Waals surface area contributed by atoms with Gasteiger partial charge in [0, 0.05) is 25.2 Å². The number of benzene rings is 1. The number of piperidine rings is 1. The van der Waals surface area contributed by atoms with Crippen molar-refractivity contribution in [3.05, 3.63) is 47.2 Å². The van der Waals surface area contributed by atoms with Crippen molar-refractivity contribution >= 4 is 29.2 Å². The molecule has 0 bridgehead atoms. The lowest BCUT2D eigenvalue weighted by Gasteiger charge is -2.37. The van der Waals surface area contributed by atoms with Crippen LogP contribution in [0.3, 0.4) is 0 Å². The zero-order valence-electron chi connectivity index (χ0n) is 18.2. The van der Waals surface area contributed by atoms with Crippen LogP contribution in [0.1, 0.15) is 47.7 Å². The van der Waals surface area contributed by atoms with Crippen molar-refractivity contribution < 1.29 is 19.1 Å². The van der Waals surface area contributed by atoms with E-state index in [1.165, 1.54) is 35.8 Å². The summed E-state index contributed by atoms with van der Waals surface area (Å²) in [5.41, 5.74) is 1.14. The van der Waals surface area contributed by atoms with Gasteiger partial charge in [-0.3, -0.25) is 14.5 Å². The van der Waals surface area contributed by atoms with Crippen LogP contribution in [0.2, 0.25) is 0 Å². The molecule has 1 aromatic carbocycles. The number of carbonyl (C=O) groups excluding carboxylic acids is 2. The van der Waals surface area contributed by atoms with Crippen molar-refractivity contribution in [1.29, 1.82) is 0 Å². The number of aromatic nitrogens is 4. The predicted molar refractivity (Wildman–Crippen MR) is 119 cm³/mol. The van der Waals surface area contributed by atoms with E-state index in [-0.39, 0.29) is 24.3 Å². The molecule has 2 atom stereocenters. The molecule has 1 fully saturated rings. The van der Waals surface area contributed by atoms with Crippen molar-refractivity contribution in [1.82, 2.24) is 23.8 Å². The molecular formula is C22H23FN6O3S. The molecule has 9 nitrogen and oxygen atoms in total. The van der Waals surface area contributed by atoms with Gasteiger partial charge in [-0.25, -0.2) is 14.4 Å². The van der Waals surface area contributed by atoms with Gasteiger partial charge in [0.1, 0.15) is 11.6 Å². The van der Waals surface area contributed by atoms with Crippen LogP contribution in [-0.2, 0) is 11.3 Å². The van der Waals surface area contributed by atoms with Crippen LogP contribution < -0.4 is 4.90 Å². The molecule has 0 aliphatic carbocycles. The molecule has 2 aliphatic heterocycles. The second-order valence-corrected chi connectivity index (χ2v) is 9.07. The maximum atomic E-state index is 13.4. The van der Waals surface area contributed by atoms with Crippen LogP contribution in [0.4, 0.5) is 10.2 Å².